The maximum Gasteiger partial charge on any atom is 0.170 e. The van der Waals surface area contributed by atoms with Crippen LogP contribution in [0.4, 0.5) is 0 Å². The molecule has 0 saturated heterocycles. The van der Waals surface area contributed by atoms with E-state index < -0.39 is 0 Å². The van der Waals surface area contributed by atoms with Crippen molar-refractivity contribution < 1.29 is 9.53 Å². The average Bonchev–Trinajstić information content (AvgIpc) is 2.77. The van der Waals surface area contributed by atoms with Gasteiger partial charge in [-0.15, -0.1) is 0 Å². The first-order valence-electron chi connectivity index (χ1n) is 5.34. The van der Waals surface area contributed by atoms with E-state index >= 15 is 0 Å². The molecule has 0 unspecified atom stereocenters. The van der Waals surface area contributed by atoms with E-state index in [1.807, 2.05) is 24.3 Å². The zero-order valence-electron chi connectivity index (χ0n) is 9.88. The molecule has 4 nitrogen and oxygen atoms in total. The van der Waals surface area contributed by atoms with Gasteiger partial charge < -0.3 is 4.74 Å². The van der Waals surface area contributed by atoms with E-state index in [1.54, 1.807) is 31.2 Å². The Bertz CT molecular complexity index is 532. The Morgan fingerprint density at radius 1 is 1.41 bits per heavy atom. The van der Waals surface area contributed by atoms with Crippen molar-refractivity contribution in [2.75, 3.05) is 7.11 Å². The van der Waals surface area contributed by atoms with Crippen LogP contribution in [0.3, 0.4) is 0 Å². The summed E-state index contributed by atoms with van der Waals surface area (Å²) in [7, 11) is 3.40. The van der Waals surface area contributed by atoms with Crippen LogP contribution < -0.4 is 4.74 Å². The van der Waals surface area contributed by atoms with Crippen molar-refractivity contribution in [2.45, 2.75) is 6.42 Å². The second kappa shape index (κ2) is 4.82. The van der Waals surface area contributed by atoms with Crippen molar-refractivity contribution in [3.05, 3.63) is 47.8 Å². The van der Waals surface area contributed by atoms with Crippen molar-refractivity contribution in [1.82, 2.24) is 9.78 Å². The number of aryl methyl sites for hydroxylation is 1. The van der Waals surface area contributed by atoms with E-state index in [0.29, 0.717) is 12.0 Å². The quantitative estimate of drug-likeness (QED) is 0.753. The van der Waals surface area contributed by atoms with Gasteiger partial charge in [-0.3, -0.25) is 9.48 Å². The average molecular weight is 230 g/mol. The molecule has 88 valence electrons. The summed E-state index contributed by atoms with van der Waals surface area (Å²) in [6, 6.07) is 7.53. The predicted octanol–water partition coefficient (Wildman–Crippen LogP) is 1.85. The predicted molar refractivity (Wildman–Crippen MR) is 64.2 cm³/mol. The molecule has 4 heteroatoms. The lowest BCUT2D eigenvalue weighted by molar-refractivity contribution is 0.0992. The molecule has 0 saturated carbocycles. The number of benzene rings is 1. The molecule has 1 aromatic carbocycles. The molecular weight excluding hydrogens is 216 g/mol. The summed E-state index contributed by atoms with van der Waals surface area (Å²) >= 11 is 0. The number of carbonyl (C=O) groups excluding carboxylic acids is 1. The SMILES string of the molecule is COc1ccccc1CC(=O)c1cnn(C)c1. The van der Waals surface area contributed by atoms with Crippen molar-refractivity contribution in [3.63, 3.8) is 0 Å². The second-order valence-electron chi connectivity index (χ2n) is 3.81. The van der Waals surface area contributed by atoms with Gasteiger partial charge >= 0.3 is 0 Å². The third-order valence-corrected chi connectivity index (χ3v) is 2.57. The fraction of sp³-hybridized carbons (Fsp3) is 0.231. The third-order valence-electron chi connectivity index (χ3n) is 2.57. The maximum atomic E-state index is 12.0. The standard InChI is InChI=1S/C13H14N2O2/c1-15-9-11(8-14-15)12(16)7-10-5-3-4-6-13(10)17-2/h3-6,8-9H,7H2,1-2H3. The minimum absolute atomic E-state index is 0.0441. The molecule has 0 bridgehead atoms. The van der Waals surface area contributed by atoms with E-state index in [-0.39, 0.29) is 5.78 Å². The van der Waals surface area contributed by atoms with E-state index in [9.17, 15) is 4.79 Å². The molecule has 0 aliphatic rings. The molecule has 2 rings (SSSR count). The van der Waals surface area contributed by atoms with Gasteiger partial charge in [0, 0.05) is 25.2 Å². The fourth-order valence-electron chi connectivity index (χ4n) is 1.69. The molecule has 2 aromatic rings. The molecule has 1 heterocycles. The molecular formula is C13H14N2O2. The third kappa shape index (κ3) is 2.53. The smallest absolute Gasteiger partial charge is 0.170 e. The Morgan fingerprint density at radius 3 is 2.82 bits per heavy atom. The number of ether oxygens (including phenoxy) is 1. The van der Waals surface area contributed by atoms with Gasteiger partial charge in [0.1, 0.15) is 5.75 Å². The zero-order valence-corrected chi connectivity index (χ0v) is 9.88. The molecule has 0 aliphatic heterocycles. The highest BCUT2D eigenvalue weighted by Gasteiger charge is 2.11. The number of rotatable bonds is 4. The Kier molecular flexibility index (Phi) is 3.23. The Morgan fingerprint density at radius 2 is 2.18 bits per heavy atom. The summed E-state index contributed by atoms with van der Waals surface area (Å²) in [6.45, 7) is 0. The second-order valence-corrected chi connectivity index (χ2v) is 3.81. The summed E-state index contributed by atoms with van der Waals surface area (Å²) in [6.07, 6.45) is 3.63. The lowest BCUT2D eigenvalue weighted by Crippen LogP contribution is -2.04. The molecule has 0 radical (unpaired) electrons. The van der Waals surface area contributed by atoms with Crippen LogP contribution in [0.2, 0.25) is 0 Å². The lowest BCUT2D eigenvalue weighted by Gasteiger charge is -2.06. The van der Waals surface area contributed by atoms with E-state index in [4.69, 9.17) is 4.74 Å². The summed E-state index contributed by atoms with van der Waals surface area (Å²) in [5.74, 6) is 0.785. The largest absolute Gasteiger partial charge is 0.496 e. The summed E-state index contributed by atoms with van der Waals surface area (Å²) in [5.41, 5.74) is 1.52. The maximum absolute atomic E-state index is 12.0. The van der Waals surface area contributed by atoms with Gasteiger partial charge in [-0.1, -0.05) is 18.2 Å². The first-order valence-corrected chi connectivity index (χ1v) is 5.34. The van der Waals surface area contributed by atoms with Crippen LogP contribution in [0, 0.1) is 0 Å². The fourth-order valence-corrected chi connectivity index (χ4v) is 1.69. The number of carbonyl (C=O) groups is 1. The number of hydrogen-bond donors (Lipinski definition) is 0. The van der Waals surface area contributed by atoms with Gasteiger partial charge in [-0.2, -0.15) is 5.10 Å². The summed E-state index contributed by atoms with van der Waals surface area (Å²) in [5, 5.41) is 3.99. The van der Waals surface area contributed by atoms with Crippen LogP contribution in [0.5, 0.6) is 5.75 Å². The van der Waals surface area contributed by atoms with Crippen LogP contribution in [0.25, 0.3) is 0 Å². The Labute approximate surface area is 99.8 Å². The highest BCUT2D eigenvalue weighted by molar-refractivity contribution is 5.97. The molecule has 0 atom stereocenters. The number of hydrogen-bond acceptors (Lipinski definition) is 3. The normalized spacial score (nSPS) is 10.2. The molecule has 17 heavy (non-hydrogen) atoms. The number of para-hydroxylation sites is 1. The lowest BCUT2D eigenvalue weighted by atomic mass is 10.0. The highest BCUT2D eigenvalue weighted by atomic mass is 16.5. The first kappa shape index (κ1) is 11.4. The summed E-state index contributed by atoms with van der Waals surface area (Å²) < 4.78 is 6.83. The highest BCUT2D eigenvalue weighted by Crippen LogP contribution is 2.19. The zero-order chi connectivity index (χ0) is 12.3. The van der Waals surface area contributed by atoms with Crippen LogP contribution in [0.1, 0.15) is 15.9 Å². The van der Waals surface area contributed by atoms with E-state index in [2.05, 4.69) is 5.10 Å². The van der Waals surface area contributed by atoms with E-state index in [0.717, 1.165) is 11.3 Å². The van der Waals surface area contributed by atoms with Crippen molar-refractivity contribution >= 4 is 5.78 Å². The number of ketones is 1. The van der Waals surface area contributed by atoms with Crippen LogP contribution in [0.15, 0.2) is 36.7 Å². The van der Waals surface area contributed by atoms with E-state index in [1.165, 1.54) is 0 Å². The van der Waals surface area contributed by atoms with Gasteiger partial charge in [0.25, 0.3) is 0 Å². The topological polar surface area (TPSA) is 44.1 Å². The first-order chi connectivity index (χ1) is 8.20. The van der Waals surface area contributed by atoms with Crippen LogP contribution in [-0.2, 0) is 13.5 Å². The van der Waals surface area contributed by atoms with Gasteiger partial charge in [-0.05, 0) is 6.07 Å². The number of methoxy groups -OCH3 is 1. The Balaban J connectivity index is 2.18. The molecule has 0 fully saturated rings. The minimum Gasteiger partial charge on any atom is -0.496 e. The molecule has 0 spiro atoms. The minimum atomic E-state index is 0.0441. The molecule has 0 N–H and O–H groups in total. The molecule has 0 amide bonds. The van der Waals surface area contributed by atoms with Crippen molar-refractivity contribution in [2.24, 2.45) is 7.05 Å². The summed E-state index contributed by atoms with van der Waals surface area (Å²) in [4.78, 5) is 12.0. The number of aromatic nitrogens is 2. The number of nitrogens with zero attached hydrogens (tertiary/aromatic N) is 2. The van der Waals surface area contributed by atoms with Gasteiger partial charge in [0.15, 0.2) is 5.78 Å². The van der Waals surface area contributed by atoms with Gasteiger partial charge in [0.05, 0.1) is 18.9 Å². The van der Waals surface area contributed by atoms with Crippen molar-refractivity contribution in [3.8, 4) is 5.75 Å². The van der Waals surface area contributed by atoms with Crippen LogP contribution in [-0.4, -0.2) is 22.7 Å². The number of Topliss-reactive ketones (excluding diaryl/α,β-unsaturated/α-hetero) is 1. The Hall–Kier alpha value is -2.10. The van der Waals surface area contributed by atoms with Gasteiger partial charge in [0.2, 0.25) is 0 Å². The monoisotopic (exact) mass is 230 g/mol. The van der Waals surface area contributed by atoms with Crippen LogP contribution >= 0.6 is 0 Å². The molecule has 1 aromatic heterocycles. The van der Waals surface area contributed by atoms with Crippen molar-refractivity contribution in [1.29, 1.82) is 0 Å². The molecule has 0 aliphatic carbocycles. The van der Waals surface area contributed by atoms with Gasteiger partial charge in [-0.25, -0.2) is 0 Å².